The standard InChI is InChI=1S/C26H25Cl2N5O3/c1-5-17-12-20(26(36)32-23(17)30-15(2)33(3)4)25(35)31-22-13-18(9-10-21(22)28)24(34)29-14-16-7-6-8-19(27)11-16/h5-13H,2,14H2,1,3-4H3,(H,29,34)(H,31,35)(H,30,32,36)/b17-5-. The largest absolute Gasteiger partial charge is 0.363 e. The van der Waals surface area contributed by atoms with Crippen molar-refractivity contribution in [2.24, 2.45) is 4.99 Å². The first-order valence-corrected chi connectivity index (χ1v) is 11.6. The fourth-order valence-electron chi connectivity index (χ4n) is 3.13. The Morgan fingerprint density at radius 2 is 1.89 bits per heavy atom. The van der Waals surface area contributed by atoms with Crippen LogP contribution in [0.3, 0.4) is 0 Å². The van der Waals surface area contributed by atoms with Crippen LogP contribution >= 0.6 is 23.2 Å². The third-order valence-electron chi connectivity index (χ3n) is 5.18. The van der Waals surface area contributed by atoms with Crippen molar-refractivity contribution in [3.63, 3.8) is 0 Å². The Morgan fingerprint density at radius 1 is 1.14 bits per heavy atom. The average Bonchev–Trinajstić information content (AvgIpc) is 2.84. The summed E-state index contributed by atoms with van der Waals surface area (Å²) in [5.41, 5.74) is 1.72. The fraction of sp³-hybridized carbons (Fsp3) is 0.154. The Labute approximate surface area is 219 Å². The lowest BCUT2D eigenvalue weighted by Crippen LogP contribution is -2.40. The van der Waals surface area contributed by atoms with Gasteiger partial charge in [-0.15, -0.1) is 0 Å². The first-order valence-electron chi connectivity index (χ1n) is 10.9. The smallest absolute Gasteiger partial charge is 0.262 e. The number of carbonyl (C=O) groups is 3. The van der Waals surface area contributed by atoms with Crippen molar-refractivity contribution < 1.29 is 14.4 Å². The van der Waals surface area contributed by atoms with Crippen LogP contribution in [-0.2, 0) is 16.1 Å². The molecule has 0 aromatic heterocycles. The summed E-state index contributed by atoms with van der Waals surface area (Å²) in [5.74, 6) is -0.960. The summed E-state index contributed by atoms with van der Waals surface area (Å²) in [4.78, 5) is 44.3. The zero-order valence-corrected chi connectivity index (χ0v) is 21.5. The molecule has 186 valence electrons. The fourth-order valence-corrected chi connectivity index (χ4v) is 3.51. The number of nitrogens with zero attached hydrogens (tertiary/aromatic N) is 2. The Balaban J connectivity index is 1.76. The number of rotatable bonds is 7. The van der Waals surface area contributed by atoms with E-state index in [0.29, 0.717) is 16.4 Å². The summed E-state index contributed by atoms with van der Waals surface area (Å²) >= 11 is 12.2. The average molecular weight is 526 g/mol. The number of aliphatic imine (C=N–C) groups is 1. The lowest BCUT2D eigenvalue weighted by atomic mass is 10.0. The highest BCUT2D eigenvalue weighted by molar-refractivity contribution is 6.35. The Bertz CT molecular complexity index is 1330. The Hall–Kier alpha value is -3.88. The predicted octanol–water partition coefficient (Wildman–Crippen LogP) is 4.30. The molecule has 10 heteroatoms. The van der Waals surface area contributed by atoms with Crippen molar-refractivity contribution in [3.8, 4) is 0 Å². The van der Waals surface area contributed by atoms with E-state index >= 15 is 0 Å². The lowest BCUT2D eigenvalue weighted by Gasteiger charge is -2.20. The summed E-state index contributed by atoms with van der Waals surface area (Å²) in [5, 5.41) is 8.81. The molecule has 0 bridgehead atoms. The van der Waals surface area contributed by atoms with Crippen LogP contribution in [0.25, 0.3) is 0 Å². The van der Waals surface area contributed by atoms with Gasteiger partial charge in [-0.3, -0.25) is 14.4 Å². The molecule has 1 aliphatic heterocycles. The highest BCUT2D eigenvalue weighted by Gasteiger charge is 2.27. The van der Waals surface area contributed by atoms with E-state index in [1.165, 1.54) is 24.3 Å². The molecule has 3 N–H and O–H groups in total. The molecule has 3 rings (SSSR count). The zero-order valence-electron chi connectivity index (χ0n) is 20.0. The van der Waals surface area contributed by atoms with Crippen LogP contribution in [0.4, 0.5) is 5.69 Å². The SMILES string of the molecule is C=C(/N=C1/NC(=O)C(C(=O)Nc2cc(C(=O)NCc3cccc(Cl)c3)ccc2Cl)=C/C1=C/C)N(C)C. The number of halogens is 2. The highest BCUT2D eigenvalue weighted by Crippen LogP contribution is 2.25. The Kier molecular flexibility index (Phi) is 8.68. The summed E-state index contributed by atoms with van der Waals surface area (Å²) in [7, 11) is 3.55. The quantitative estimate of drug-likeness (QED) is 0.469. The molecule has 0 fully saturated rings. The van der Waals surface area contributed by atoms with Gasteiger partial charge < -0.3 is 20.9 Å². The minimum absolute atomic E-state index is 0.135. The number of nitrogens with one attached hydrogen (secondary N) is 3. The summed E-state index contributed by atoms with van der Waals surface area (Å²) < 4.78 is 0. The molecule has 0 spiro atoms. The van der Waals surface area contributed by atoms with E-state index in [1.54, 1.807) is 50.2 Å². The van der Waals surface area contributed by atoms with E-state index in [2.05, 4.69) is 27.5 Å². The van der Waals surface area contributed by atoms with Crippen molar-refractivity contribution in [1.29, 1.82) is 0 Å². The van der Waals surface area contributed by atoms with Crippen LogP contribution in [0.15, 0.2) is 83.2 Å². The zero-order chi connectivity index (χ0) is 26.4. The lowest BCUT2D eigenvalue weighted by molar-refractivity contribution is -0.120. The molecule has 0 aliphatic carbocycles. The van der Waals surface area contributed by atoms with Gasteiger partial charge in [0, 0.05) is 36.8 Å². The van der Waals surface area contributed by atoms with Crippen LogP contribution in [0, 0.1) is 0 Å². The molecule has 2 aromatic rings. The molecule has 36 heavy (non-hydrogen) atoms. The van der Waals surface area contributed by atoms with Gasteiger partial charge in [0.15, 0.2) is 0 Å². The second kappa shape index (κ2) is 11.7. The Morgan fingerprint density at radius 3 is 2.56 bits per heavy atom. The number of amidine groups is 1. The molecule has 2 aromatic carbocycles. The van der Waals surface area contributed by atoms with Gasteiger partial charge in [-0.1, -0.05) is 48.0 Å². The number of carbonyl (C=O) groups excluding carboxylic acids is 3. The number of allylic oxidation sites excluding steroid dienone is 1. The topological polar surface area (TPSA) is 103 Å². The molecule has 0 unspecified atom stereocenters. The molecule has 8 nitrogen and oxygen atoms in total. The van der Waals surface area contributed by atoms with Crippen molar-refractivity contribution in [3.05, 3.63) is 99.3 Å². The van der Waals surface area contributed by atoms with Gasteiger partial charge in [0.05, 0.1) is 10.7 Å². The third kappa shape index (κ3) is 6.62. The predicted molar refractivity (Wildman–Crippen MR) is 143 cm³/mol. The minimum Gasteiger partial charge on any atom is -0.363 e. The van der Waals surface area contributed by atoms with Crippen molar-refractivity contribution in [2.45, 2.75) is 13.5 Å². The maximum atomic E-state index is 12.9. The molecule has 0 atom stereocenters. The molecule has 3 amide bonds. The van der Waals surface area contributed by atoms with Gasteiger partial charge in [0.25, 0.3) is 17.7 Å². The molecule has 0 saturated carbocycles. The van der Waals surface area contributed by atoms with Crippen LogP contribution in [-0.4, -0.2) is 42.6 Å². The van der Waals surface area contributed by atoms with Gasteiger partial charge in [-0.2, -0.15) is 0 Å². The third-order valence-corrected chi connectivity index (χ3v) is 5.75. The van der Waals surface area contributed by atoms with Crippen molar-refractivity contribution in [2.75, 3.05) is 19.4 Å². The van der Waals surface area contributed by atoms with Crippen LogP contribution in [0.2, 0.25) is 10.0 Å². The maximum absolute atomic E-state index is 12.9. The molecular weight excluding hydrogens is 501 g/mol. The number of amides is 3. The van der Waals surface area contributed by atoms with E-state index in [9.17, 15) is 14.4 Å². The van der Waals surface area contributed by atoms with E-state index in [1.807, 2.05) is 6.07 Å². The van der Waals surface area contributed by atoms with Gasteiger partial charge in [-0.05, 0) is 48.9 Å². The maximum Gasteiger partial charge on any atom is 0.262 e. The monoisotopic (exact) mass is 525 g/mol. The van der Waals surface area contributed by atoms with E-state index in [0.717, 1.165) is 5.56 Å². The van der Waals surface area contributed by atoms with Crippen LogP contribution < -0.4 is 16.0 Å². The molecule has 0 radical (unpaired) electrons. The van der Waals surface area contributed by atoms with Gasteiger partial charge in [0.1, 0.15) is 17.2 Å². The van der Waals surface area contributed by atoms with Gasteiger partial charge in [0.2, 0.25) is 0 Å². The van der Waals surface area contributed by atoms with E-state index in [-0.39, 0.29) is 40.1 Å². The number of benzene rings is 2. The van der Waals surface area contributed by atoms with Crippen molar-refractivity contribution in [1.82, 2.24) is 15.5 Å². The second-order valence-electron chi connectivity index (χ2n) is 7.99. The second-order valence-corrected chi connectivity index (χ2v) is 8.83. The molecule has 1 heterocycles. The summed E-state index contributed by atoms with van der Waals surface area (Å²) in [6.07, 6.45) is 3.15. The number of hydrogen-bond donors (Lipinski definition) is 3. The highest BCUT2D eigenvalue weighted by atomic mass is 35.5. The summed E-state index contributed by atoms with van der Waals surface area (Å²) in [6.45, 7) is 5.85. The molecule has 1 aliphatic rings. The normalized spacial score (nSPS) is 15.2. The first kappa shape index (κ1) is 26.7. The number of hydrogen-bond acceptors (Lipinski definition) is 5. The molecule has 0 saturated heterocycles. The van der Waals surface area contributed by atoms with E-state index < -0.39 is 11.8 Å². The summed E-state index contributed by atoms with van der Waals surface area (Å²) in [6, 6.07) is 11.6. The van der Waals surface area contributed by atoms with Crippen LogP contribution in [0.5, 0.6) is 0 Å². The van der Waals surface area contributed by atoms with Gasteiger partial charge in [-0.25, -0.2) is 4.99 Å². The van der Waals surface area contributed by atoms with Gasteiger partial charge >= 0.3 is 0 Å². The van der Waals surface area contributed by atoms with Crippen LogP contribution in [0.1, 0.15) is 22.8 Å². The first-order chi connectivity index (χ1) is 17.1. The van der Waals surface area contributed by atoms with Crippen molar-refractivity contribution >= 4 is 52.4 Å². The molecular formula is C26H25Cl2N5O3. The number of anilines is 1. The van der Waals surface area contributed by atoms with E-state index in [4.69, 9.17) is 23.2 Å². The minimum atomic E-state index is -0.685.